The highest BCUT2D eigenvalue weighted by Crippen LogP contribution is 2.14. The molecule has 0 spiro atoms. The van der Waals surface area contributed by atoms with Gasteiger partial charge in [-0.2, -0.15) is 0 Å². The fourth-order valence-corrected chi connectivity index (χ4v) is 2.64. The Morgan fingerprint density at radius 3 is 2.81 bits per heavy atom. The number of benzene rings is 1. The highest BCUT2D eigenvalue weighted by molar-refractivity contribution is 7.89. The van der Waals surface area contributed by atoms with Gasteiger partial charge < -0.3 is 4.42 Å². The third kappa shape index (κ3) is 4.38. The fraction of sp³-hybridized carbons (Fsp3) is 0.286. The molecule has 0 aliphatic rings. The van der Waals surface area contributed by atoms with Gasteiger partial charge in [0.2, 0.25) is 0 Å². The van der Waals surface area contributed by atoms with Gasteiger partial charge in [0.1, 0.15) is 11.6 Å². The summed E-state index contributed by atoms with van der Waals surface area (Å²) in [6, 6.07) is 7.18. The van der Waals surface area contributed by atoms with Gasteiger partial charge in [0.15, 0.2) is 0 Å². The smallest absolute Gasteiger partial charge is 0.262 e. The number of nitrogens with one attached hydrogen (secondary N) is 1. The lowest BCUT2D eigenvalue weighted by molar-refractivity contribution is 0.0905. The van der Waals surface area contributed by atoms with Gasteiger partial charge in [-0.05, 0) is 49.2 Å². The SMILES string of the molecule is Cc1cc(S(=O)(=O)NOCCCc2ccco2)ccc1F. The summed E-state index contributed by atoms with van der Waals surface area (Å²) >= 11 is 0. The quantitative estimate of drug-likeness (QED) is 0.630. The maximum atomic E-state index is 13.1. The predicted octanol–water partition coefficient (Wildman–Crippen LogP) is 2.57. The number of halogens is 1. The Labute approximate surface area is 122 Å². The molecule has 0 aliphatic heterocycles. The molecule has 114 valence electrons. The average Bonchev–Trinajstić information content (AvgIpc) is 2.94. The van der Waals surface area contributed by atoms with Gasteiger partial charge in [0, 0.05) is 6.42 Å². The minimum Gasteiger partial charge on any atom is -0.469 e. The van der Waals surface area contributed by atoms with Crippen molar-refractivity contribution in [3.8, 4) is 0 Å². The summed E-state index contributed by atoms with van der Waals surface area (Å²) in [6.07, 6.45) is 2.85. The van der Waals surface area contributed by atoms with Crippen molar-refractivity contribution in [1.29, 1.82) is 0 Å². The topological polar surface area (TPSA) is 68.5 Å². The van der Waals surface area contributed by atoms with E-state index in [1.165, 1.54) is 19.1 Å². The van der Waals surface area contributed by atoms with Crippen molar-refractivity contribution < 1.29 is 22.1 Å². The zero-order chi connectivity index (χ0) is 15.3. The molecule has 5 nitrogen and oxygen atoms in total. The predicted molar refractivity (Wildman–Crippen MR) is 74.4 cm³/mol. The van der Waals surface area contributed by atoms with Crippen molar-refractivity contribution >= 4 is 10.0 Å². The number of hydrogen-bond donors (Lipinski definition) is 1. The Kier molecular flexibility index (Phi) is 5.11. The van der Waals surface area contributed by atoms with Crippen LogP contribution in [0.4, 0.5) is 4.39 Å². The van der Waals surface area contributed by atoms with Crippen molar-refractivity contribution in [1.82, 2.24) is 4.89 Å². The van der Waals surface area contributed by atoms with Gasteiger partial charge in [-0.25, -0.2) is 12.8 Å². The zero-order valence-corrected chi connectivity index (χ0v) is 12.3. The summed E-state index contributed by atoms with van der Waals surface area (Å²) in [6.45, 7) is 1.71. The second-order valence-electron chi connectivity index (χ2n) is 4.53. The molecule has 0 aliphatic carbocycles. The van der Waals surface area contributed by atoms with Gasteiger partial charge in [-0.1, -0.05) is 4.89 Å². The molecule has 0 atom stereocenters. The van der Waals surface area contributed by atoms with Crippen LogP contribution < -0.4 is 4.89 Å². The summed E-state index contributed by atoms with van der Waals surface area (Å²) in [5.74, 6) is 0.365. The number of sulfonamides is 1. The third-order valence-corrected chi connectivity index (χ3v) is 4.07. The highest BCUT2D eigenvalue weighted by Gasteiger charge is 2.15. The van der Waals surface area contributed by atoms with Crippen LogP contribution in [0.15, 0.2) is 45.9 Å². The van der Waals surface area contributed by atoms with Crippen molar-refractivity contribution in [2.45, 2.75) is 24.7 Å². The average molecular weight is 313 g/mol. The molecule has 2 aromatic rings. The number of rotatable bonds is 7. The molecule has 0 fully saturated rings. The van der Waals surface area contributed by atoms with E-state index in [4.69, 9.17) is 9.25 Å². The fourth-order valence-electron chi connectivity index (χ4n) is 1.73. The summed E-state index contributed by atoms with van der Waals surface area (Å²) in [5.41, 5.74) is 0.260. The second kappa shape index (κ2) is 6.84. The maximum Gasteiger partial charge on any atom is 0.262 e. The standard InChI is InChI=1S/C14H16FNO4S/c1-11-10-13(6-7-14(11)15)21(17,18)16-20-9-3-5-12-4-2-8-19-12/h2,4,6-8,10,16H,3,5,9H2,1H3. The van der Waals surface area contributed by atoms with Crippen molar-refractivity contribution in [3.63, 3.8) is 0 Å². The van der Waals surface area contributed by atoms with Crippen molar-refractivity contribution in [3.05, 3.63) is 53.7 Å². The van der Waals surface area contributed by atoms with Crippen molar-refractivity contribution in [2.75, 3.05) is 6.61 Å². The van der Waals surface area contributed by atoms with E-state index >= 15 is 0 Å². The van der Waals surface area contributed by atoms with Crippen LogP contribution in [-0.2, 0) is 21.3 Å². The van der Waals surface area contributed by atoms with E-state index in [1.807, 2.05) is 11.0 Å². The monoisotopic (exact) mass is 313 g/mol. The summed E-state index contributed by atoms with van der Waals surface area (Å²) in [5, 5.41) is 0. The van der Waals surface area contributed by atoms with Gasteiger partial charge in [0.25, 0.3) is 10.0 Å². The summed E-state index contributed by atoms with van der Waals surface area (Å²) in [4.78, 5) is 6.93. The molecule has 21 heavy (non-hydrogen) atoms. The second-order valence-corrected chi connectivity index (χ2v) is 6.17. The Hall–Kier alpha value is -1.70. The minimum atomic E-state index is -3.80. The van der Waals surface area contributed by atoms with Crippen LogP contribution in [-0.4, -0.2) is 15.0 Å². The third-order valence-electron chi connectivity index (χ3n) is 2.86. The molecular formula is C14H16FNO4S. The Morgan fingerprint density at radius 1 is 1.33 bits per heavy atom. The summed E-state index contributed by atoms with van der Waals surface area (Å²) < 4.78 is 42.1. The summed E-state index contributed by atoms with van der Waals surface area (Å²) in [7, 11) is -3.80. The lowest BCUT2D eigenvalue weighted by Gasteiger charge is -2.08. The van der Waals surface area contributed by atoms with Gasteiger partial charge >= 0.3 is 0 Å². The minimum absolute atomic E-state index is 0.0348. The largest absolute Gasteiger partial charge is 0.469 e. The van der Waals surface area contributed by atoms with E-state index in [9.17, 15) is 12.8 Å². The number of aryl methyl sites for hydroxylation is 2. The molecule has 0 bridgehead atoms. The Morgan fingerprint density at radius 2 is 2.14 bits per heavy atom. The first-order valence-corrected chi connectivity index (χ1v) is 7.89. The van der Waals surface area contributed by atoms with E-state index in [0.717, 1.165) is 11.8 Å². The molecule has 2 rings (SSSR count). The van der Waals surface area contributed by atoms with E-state index in [2.05, 4.69) is 0 Å². The molecule has 0 radical (unpaired) electrons. The molecular weight excluding hydrogens is 297 g/mol. The van der Waals surface area contributed by atoms with Crippen molar-refractivity contribution in [2.24, 2.45) is 0 Å². The molecule has 1 heterocycles. The molecule has 0 amide bonds. The van der Waals surface area contributed by atoms with Gasteiger partial charge in [0.05, 0.1) is 17.8 Å². The molecule has 0 unspecified atom stereocenters. The highest BCUT2D eigenvalue weighted by atomic mass is 32.2. The van der Waals surface area contributed by atoms with Crippen LogP contribution in [0.25, 0.3) is 0 Å². The first kappa shape index (κ1) is 15.7. The molecule has 1 aromatic heterocycles. The lowest BCUT2D eigenvalue weighted by atomic mass is 10.2. The van der Waals surface area contributed by atoms with Crippen LogP contribution in [0.3, 0.4) is 0 Å². The van der Waals surface area contributed by atoms with E-state index in [0.29, 0.717) is 12.8 Å². The van der Waals surface area contributed by atoms with Crippen LogP contribution in [0.5, 0.6) is 0 Å². The lowest BCUT2D eigenvalue weighted by Crippen LogP contribution is -2.24. The first-order chi connectivity index (χ1) is 9.99. The van der Waals surface area contributed by atoms with E-state index < -0.39 is 15.8 Å². The Balaban J connectivity index is 1.82. The molecule has 0 saturated heterocycles. The van der Waals surface area contributed by atoms with Gasteiger partial charge in [-0.15, -0.1) is 0 Å². The Bertz CT molecular complexity index is 683. The molecule has 7 heteroatoms. The van der Waals surface area contributed by atoms with Gasteiger partial charge in [-0.3, -0.25) is 4.84 Å². The van der Waals surface area contributed by atoms with Crippen LogP contribution in [0.1, 0.15) is 17.7 Å². The number of hydrogen-bond acceptors (Lipinski definition) is 4. The van der Waals surface area contributed by atoms with Crippen LogP contribution >= 0.6 is 0 Å². The van der Waals surface area contributed by atoms with E-state index in [1.54, 1.807) is 12.3 Å². The molecule has 1 aromatic carbocycles. The molecule has 0 saturated carbocycles. The zero-order valence-electron chi connectivity index (χ0n) is 11.5. The number of furan rings is 1. The first-order valence-electron chi connectivity index (χ1n) is 6.41. The van der Waals surface area contributed by atoms with E-state index in [-0.39, 0.29) is 17.1 Å². The van der Waals surface area contributed by atoms with Crippen LogP contribution in [0.2, 0.25) is 0 Å². The maximum absolute atomic E-state index is 13.1. The normalized spacial score (nSPS) is 11.7. The molecule has 1 N–H and O–H groups in total. The van der Waals surface area contributed by atoms with Crippen LogP contribution in [0, 0.1) is 12.7 Å².